The number of methoxy groups -OCH3 is 1. The largest absolute Gasteiger partial charge is 0.677 e. The Morgan fingerprint density at radius 3 is 1.68 bits per heavy atom. The lowest BCUT2D eigenvalue weighted by atomic mass is 9.93. The van der Waals surface area contributed by atoms with Crippen LogP contribution in [0.4, 0.5) is 25.7 Å². The fourth-order valence-electron chi connectivity index (χ4n) is 10.2. The third-order valence-corrected chi connectivity index (χ3v) is 14.1. The molecule has 0 atom stereocenters. The third-order valence-electron chi connectivity index (χ3n) is 14.1. The van der Waals surface area contributed by atoms with Crippen molar-refractivity contribution in [2.75, 3.05) is 140 Å². The summed E-state index contributed by atoms with van der Waals surface area (Å²) in [6.07, 6.45) is 3.84. The average Bonchev–Trinajstić information content (AvgIpc) is 4.33. The van der Waals surface area contributed by atoms with E-state index >= 15 is 0 Å². The second-order valence-corrected chi connectivity index (χ2v) is 19.9. The molecule has 0 saturated carbocycles. The van der Waals surface area contributed by atoms with E-state index in [0.29, 0.717) is 153 Å². The van der Waals surface area contributed by atoms with Gasteiger partial charge in [0.15, 0.2) is 0 Å². The summed E-state index contributed by atoms with van der Waals surface area (Å²) in [6.45, 7) is 20.4. The van der Waals surface area contributed by atoms with Crippen molar-refractivity contribution < 1.29 is 46.5 Å². The van der Waals surface area contributed by atoms with E-state index in [4.69, 9.17) is 42.9 Å². The number of aliphatic imine (C=N–C) groups is 1. The minimum Gasteiger partial charge on any atom is -0.490 e. The maximum Gasteiger partial charge on any atom is 0.677 e. The first-order valence-electron chi connectivity index (χ1n) is 27.2. The van der Waals surface area contributed by atoms with E-state index in [1.807, 2.05) is 75.5 Å². The Bertz CT molecular complexity index is 3010. The monoisotopic (exact) mass is 1080 g/mol. The first kappa shape index (κ1) is 56.7. The van der Waals surface area contributed by atoms with Crippen molar-refractivity contribution in [3.8, 4) is 34.2 Å². The number of aryl methyl sites for hydroxylation is 4. The number of anilines is 3. The quantitative estimate of drug-likeness (QED) is 0.0734. The highest BCUT2D eigenvalue weighted by molar-refractivity contribution is 6.41. The molecule has 4 aliphatic heterocycles. The Kier molecular flexibility index (Phi) is 19.5. The summed E-state index contributed by atoms with van der Waals surface area (Å²) >= 11 is 0. The summed E-state index contributed by atoms with van der Waals surface area (Å²) in [5.74, 6) is 2.15. The molecule has 1 saturated heterocycles. The Morgan fingerprint density at radius 1 is 0.608 bits per heavy atom. The number of hydrogen-bond acceptors (Lipinski definition) is 14. The number of aromatic nitrogens is 4. The van der Waals surface area contributed by atoms with Crippen LogP contribution < -0.4 is 28.9 Å². The standard InChI is InChI=1S/C60H73BF2N8O8/c1-42-8-15-52-55(36-42)77-28-22-69(23-29-78-56-37-43(2)9-16-53(56)68-20-26-75-33-31-73-24-18-67(52)19-25-74-32-34-76-27-21-68)54-17-14-50(40-57(54)79-35-30-72-7)70-41-51(65-66-70)48-10-12-49(13-11-48)58(59-44(3)38-46(5)64-59)60-45(4)39-47(6)71(60)61(62)63/h8-17,36-41H,18-35H2,1-7H3/b59-58-. The van der Waals surface area contributed by atoms with Crippen molar-refractivity contribution in [1.82, 2.24) is 19.5 Å². The summed E-state index contributed by atoms with van der Waals surface area (Å²) in [5.41, 5.74) is 12.5. The first-order chi connectivity index (χ1) is 38.4. The maximum absolute atomic E-state index is 14.7. The van der Waals surface area contributed by atoms with E-state index in [2.05, 4.69) is 75.3 Å². The van der Waals surface area contributed by atoms with Crippen LogP contribution in [0.2, 0.25) is 0 Å². The van der Waals surface area contributed by atoms with Gasteiger partial charge in [0.25, 0.3) is 0 Å². The molecular weight excluding hydrogens is 1010 g/mol. The van der Waals surface area contributed by atoms with Gasteiger partial charge in [0, 0.05) is 67.6 Å². The minimum absolute atomic E-state index is 0.300. The Morgan fingerprint density at radius 2 is 1.15 bits per heavy atom. The van der Waals surface area contributed by atoms with Gasteiger partial charge >= 0.3 is 7.40 Å². The van der Waals surface area contributed by atoms with Crippen LogP contribution in [-0.2, 0) is 23.7 Å². The lowest BCUT2D eigenvalue weighted by Gasteiger charge is -2.30. The number of nitrogens with zero attached hydrogens (tertiary/aromatic N) is 8. The molecule has 6 heterocycles. The highest BCUT2D eigenvalue weighted by Crippen LogP contribution is 2.39. The van der Waals surface area contributed by atoms with Gasteiger partial charge in [0.1, 0.15) is 42.8 Å². The van der Waals surface area contributed by atoms with E-state index < -0.39 is 7.40 Å². The molecule has 0 unspecified atom stereocenters. The molecule has 2 bridgehead atoms. The van der Waals surface area contributed by atoms with Gasteiger partial charge in [-0.2, -0.15) is 0 Å². The summed E-state index contributed by atoms with van der Waals surface area (Å²) < 4.78 is 82.3. The number of ether oxygens (including phenoxy) is 8. The van der Waals surface area contributed by atoms with Crippen molar-refractivity contribution in [2.24, 2.45) is 4.99 Å². The molecule has 79 heavy (non-hydrogen) atoms. The van der Waals surface area contributed by atoms with Crippen molar-refractivity contribution >= 4 is 35.7 Å². The van der Waals surface area contributed by atoms with Crippen LogP contribution in [0.5, 0.6) is 17.2 Å². The highest BCUT2D eigenvalue weighted by Gasteiger charge is 2.30. The molecule has 6 aromatic rings. The van der Waals surface area contributed by atoms with Crippen LogP contribution in [0.15, 0.2) is 113 Å². The van der Waals surface area contributed by atoms with Crippen LogP contribution in [0.25, 0.3) is 22.5 Å². The Labute approximate surface area is 463 Å². The van der Waals surface area contributed by atoms with Crippen molar-refractivity contribution in [2.45, 2.75) is 41.5 Å². The second kappa shape index (κ2) is 27.2. The highest BCUT2D eigenvalue weighted by atomic mass is 19.2. The van der Waals surface area contributed by atoms with Gasteiger partial charge in [-0.25, -0.2) is 4.68 Å². The molecule has 1 fully saturated rings. The number of hydrogen-bond donors (Lipinski definition) is 0. The predicted molar refractivity (Wildman–Crippen MR) is 308 cm³/mol. The van der Waals surface area contributed by atoms with E-state index in [1.165, 1.54) is 0 Å². The number of fused-ring (bicyclic) bond motifs is 20. The van der Waals surface area contributed by atoms with Crippen molar-refractivity contribution in [3.63, 3.8) is 0 Å². The number of rotatable bonds is 10. The van der Waals surface area contributed by atoms with Crippen LogP contribution in [-0.4, -0.2) is 158 Å². The van der Waals surface area contributed by atoms with Crippen LogP contribution in [0, 0.1) is 27.7 Å². The van der Waals surface area contributed by atoms with Gasteiger partial charge in [-0.15, -0.1) is 5.10 Å². The molecule has 0 radical (unpaired) electrons. The molecule has 0 spiro atoms. The van der Waals surface area contributed by atoms with Gasteiger partial charge in [0.2, 0.25) is 0 Å². The van der Waals surface area contributed by atoms with Gasteiger partial charge in [-0.1, -0.05) is 41.6 Å². The fraction of sp³-hybridized carbons (Fsp3) is 0.417. The topological polar surface area (TPSA) is 132 Å². The van der Waals surface area contributed by atoms with Crippen LogP contribution in [0.3, 0.4) is 0 Å². The summed E-state index contributed by atoms with van der Waals surface area (Å²) in [4.78, 5) is 11.6. The molecule has 0 aliphatic carbocycles. The maximum atomic E-state index is 14.7. The van der Waals surface area contributed by atoms with Gasteiger partial charge in [-0.05, 0) is 118 Å². The average molecular weight is 1080 g/mol. The van der Waals surface area contributed by atoms with Crippen molar-refractivity contribution in [3.05, 3.63) is 142 Å². The number of benzene rings is 4. The summed E-state index contributed by atoms with van der Waals surface area (Å²) in [7, 11) is -1.07. The molecule has 4 aromatic carbocycles. The molecule has 418 valence electrons. The molecule has 0 amide bonds. The molecule has 16 nitrogen and oxygen atoms in total. The third kappa shape index (κ3) is 14.2. The van der Waals surface area contributed by atoms with E-state index in [0.717, 1.165) is 77.8 Å². The van der Waals surface area contributed by atoms with E-state index in [1.54, 1.807) is 24.8 Å². The zero-order chi connectivity index (χ0) is 55.3. The molecule has 2 aromatic heterocycles. The Hall–Kier alpha value is -7.03. The first-order valence-corrected chi connectivity index (χ1v) is 27.2. The van der Waals surface area contributed by atoms with Crippen LogP contribution in [0.1, 0.15) is 47.5 Å². The lowest BCUT2D eigenvalue weighted by molar-refractivity contribution is 0.0435. The van der Waals surface area contributed by atoms with Gasteiger partial charge in [-0.3, -0.25) is 13.6 Å². The van der Waals surface area contributed by atoms with Gasteiger partial charge < -0.3 is 57.1 Å². The molecule has 19 heteroatoms. The summed E-state index contributed by atoms with van der Waals surface area (Å²) in [5, 5.41) is 9.19. The fourth-order valence-corrected chi connectivity index (χ4v) is 10.2. The number of halogens is 2. The smallest absolute Gasteiger partial charge is 0.490 e. The molecular formula is C60H73BF2N8O8. The van der Waals surface area contributed by atoms with Crippen LogP contribution >= 0.6 is 0 Å². The second-order valence-electron chi connectivity index (χ2n) is 19.9. The van der Waals surface area contributed by atoms with E-state index in [-0.39, 0.29) is 0 Å². The normalized spacial score (nSPS) is 17.3. The molecule has 10 rings (SSSR count). The SMILES string of the molecule is COCCOc1cc(-n2cc(-c3ccc(/C(=C4/N=C(C)C=C4C)c4c(C)cc(C)n4B(F)F)cc3)nn2)ccc1N1CCOc2cc(C)ccc2N2CCOCCOCCN(CCOCCOCC2)c2ccc(C)cc2OCC1. The predicted octanol–water partition coefficient (Wildman–Crippen LogP) is 9.62. The zero-order valence-corrected chi connectivity index (χ0v) is 46.6. The Balaban J connectivity index is 1.04. The van der Waals surface area contributed by atoms with Gasteiger partial charge in [0.05, 0.1) is 107 Å². The number of allylic oxidation sites excluding steroid dienone is 2. The lowest BCUT2D eigenvalue weighted by Crippen LogP contribution is -2.34. The van der Waals surface area contributed by atoms with Crippen molar-refractivity contribution in [1.29, 1.82) is 0 Å². The molecule has 0 N–H and O–H groups in total. The van der Waals surface area contributed by atoms with E-state index in [9.17, 15) is 8.63 Å². The minimum atomic E-state index is -2.72. The molecule has 4 aliphatic rings. The zero-order valence-electron chi connectivity index (χ0n) is 46.6. The summed E-state index contributed by atoms with van der Waals surface area (Å²) in [6, 6.07) is 28.1.